The van der Waals surface area contributed by atoms with Gasteiger partial charge in [0.15, 0.2) is 23.1 Å². The Morgan fingerprint density at radius 1 is 0.253 bits per heavy atom. The molecule has 0 fully saturated rings. The van der Waals surface area contributed by atoms with Gasteiger partial charge in [0.25, 0.3) is 0 Å². The molecule has 0 radical (unpaired) electrons. The van der Waals surface area contributed by atoms with Crippen LogP contribution in [0.1, 0.15) is 85.9 Å². The molecule has 0 aliphatic heterocycles. The number of benzene rings is 8. The van der Waals surface area contributed by atoms with E-state index in [1.807, 2.05) is 170 Å². The van der Waals surface area contributed by atoms with Crippen LogP contribution >= 0.6 is 0 Å². The minimum Gasteiger partial charge on any atom is -0.320 e. The highest BCUT2D eigenvalue weighted by Gasteiger charge is 2.38. The van der Waals surface area contributed by atoms with Crippen LogP contribution in [0.4, 0.5) is 0 Å². The van der Waals surface area contributed by atoms with Crippen molar-refractivity contribution in [2.24, 2.45) is 0 Å². The Balaban J connectivity index is 1.06. The van der Waals surface area contributed by atoms with Crippen molar-refractivity contribution < 1.29 is 37.1 Å². The molecule has 8 aromatic carbocycles. The lowest BCUT2D eigenvalue weighted by Gasteiger charge is -2.45. The van der Waals surface area contributed by atoms with Gasteiger partial charge >= 0.3 is 0 Å². The fourth-order valence-corrected chi connectivity index (χ4v) is 10.3. The first-order valence-electron chi connectivity index (χ1n) is 26.0. The quantitative estimate of drug-likeness (QED) is 0.0344. The average molecular weight is 997 g/mol. The molecule has 8 rings (SSSR count). The van der Waals surface area contributed by atoms with Crippen molar-refractivity contribution >= 4 is 23.1 Å². The number of quaternary nitrogens is 4. The van der Waals surface area contributed by atoms with E-state index < -0.39 is 0 Å². The van der Waals surface area contributed by atoms with E-state index in [1.54, 1.807) is 0 Å². The first-order chi connectivity index (χ1) is 35.9. The topological polar surface area (TPSA) is 68.3 Å². The first kappa shape index (κ1) is 53.6. The first-order valence-corrected chi connectivity index (χ1v) is 26.0. The highest BCUT2D eigenvalue weighted by molar-refractivity contribution is 6.10. The summed E-state index contributed by atoms with van der Waals surface area (Å²) in [7, 11) is 13.9. The van der Waals surface area contributed by atoms with Gasteiger partial charge < -0.3 is 8.97 Å². The molecule has 0 N–H and O–H groups in total. The van der Waals surface area contributed by atoms with Gasteiger partial charge in [0, 0.05) is 66.8 Å². The summed E-state index contributed by atoms with van der Waals surface area (Å²) in [4.78, 5) is 53.5. The molecule has 0 amide bonds. The lowest BCUT2D eigenvalue weighted by molar-refractivity contribution is -1.11. The van der Waals surface area contributed by atoms with Crippen molar-refractivity contribution in [3.05, 3.63) is 285 Å². The van der Waals surface area contributed by atoms with Gasteiger partial charge in [-0.25, -0.2) is 0 Å². The molecular weight excluding hydrogens is 925 g/mol. The smallest absolute Gasteiger partial charge is 0.208 e. The van der Waals surface area contributed by atoms with Crippen LogP contribution in [0, 0.1) is 0 Å². The second-order valence-electron chi connectivity index (χ2n) is 22.3. The minimum absolute atomic E-state index is 0.00833. The minimum atomic E-state index is 0.00833. The van der Waals surface area contributed by atoms with Gasteiger partial charge in [0.1, 0.15) is 52.4 Å². The summed E-state index contributed by atoms with van der Waals surface area (Å²) >= 11 is 0. The van der Waals surface area contributed by atoms with Gasteiger partial charge in [-0.05, 0) is 0 Å². The number of carbonyl (C=O) groups excluding carboxylic acids is 4. The lowest BCUT2D eigenvalue weighted by Crippen LogP contribution is -2.63. The average Bonchev–Trinajstić information content (AvgIpc) is 3.43. The van der Waals surface area contributed by atoms with Crippen molar-refractivity contribution in [1.82, 2.24) is 0 Å². The van der Waals surface area contributed by atoms with E-state index in [4.69, 9.17) is 0 Å². The molecule has 0 aliphatic carbocycles. The number of hydrogen-bond acceptors (Lipinski definition) is 4. The summed E-state index contributed by atoms with van der Waals surface area (Å²) in [5.41, 5.74) is 10.1. The van der Waals surface area contributed by atoms with Crippen LogP contribution in [0.25, 0.3) is 0 Å². The van der Waals surface area contributed by atoms with Crippen molar-refractivity contribution in [2.45, 2.75) is 26.2 Å². The number of hydrogen-bond donors (Lipinski definition) is 0. The van der Waals surface area contributed by atoms with Crippen LogP contribution in [-0.2, 0) is 26.2 Å². The van der Waals surface area contributed by atoms with E-state index in [0.29, 0.717) is 44.5 Å². The van der Waals surface area contributed by atoms with Gasteiger partial charge in [-0.2, -0.15) is 0 Å². The number of carbonyl (C=O) groups is 4. The lowest BCUT2D eigenvalue weighted by atomic mass is 10.0. The van der Waals surface area contributed by atoms with Gasteiger partial charge in [-0.3, -0.25) is 28.1 Å². The molecule has 0 bridgehead atoms. The largest absolute Gasteiger partial charge is 0.320 e. The molecule has 0 saturated heterocycles. The molecule has 8 heteroatoms. The Kier molecular flexibility index (Phi) is 16.9. The van der Waals surface area contributed by atoms with E-state index in [1.165, 1.54) is 11.1 Å². The van der Waals surface area contributed by atoms with E-state index in [0.717, 1.165) is 88.1 Å². The number of rotatable bonds is 24. The normalized spacial score (nSPS) is 13.3. The second-order valence-corrected chi connectivity index (χ2v) is 22.3. The fourth-order valence-electron chi connectivity index (χ4n) is 10.3. The highest BCUT2D eigenvalue weighted by Crippen LogP contribution is 2.25. The molecule has 8 nitrogen and oxygen atoms in total. The predicted octanol–water partition coefficient (Wildman–Crippen LogP) is 11.7. The van der Waals surface area contributed by atoms with E-state index in [9.17, 15) is 19.2 Å². The van der Waals surface area contributed by atoms with Crippen molar-refractivity contribution in [3.8, 4) is 0 Å². The molecule has 0 saturated carbocycles. The van der Waals surface area contributed by atoms with Crippen LogP contribution < -0.4 is 0 Å². The molecule has 8 aromatic rings. The summed E-state index contributed by atoms with van der Waals surface area (Å²) in [5, 5.41) is 0. The zero-order valence-corrected chi connectivity index (χ0v) is 44.6. The monoisotopic (exact) mass is 997 g/mol. The third-order valence-electron chi connectivity index (χ3n) is 14.5. The molecule has 2 atom stereocenters. The van der Waals surface area contributed by atoms with E-state index in [2.05, 4.69) is 90.8 Å². The molecule has 0 aliphatic rings. The van der Waals surface area contributed by atoms with E-state index >= 15 is 0 Å². The van der Waals surface area contributed by atoms with Crippen molar-refractivity contribution in [3.63, 3.8) is 0 Å². The van der Waals surface area contributed by atoms with Crippen LogP contribution in [0.5, 0.6) is 0 Å². The molecule has 380 valence electrons. The number of nitrogens with zero attached hydrogens (tertiary/aromatic N) is 4. The predicted molar refractivity (Wildman–Crippen MR) is 301 cm³/mol. The molecule has 0 spiro atoms. The zero-order valence-electron chi connectivity index (χ0n) is 44.6. The summed E-state index contributed by atoms with van der Waals surface area (Å²) in [6.07, 6.45) is 0. The van der Waals surface area contributed by atoms with Gasteiger partial charge in [-0.15, -0.1) is 0 Å². The maximum Gasteiger partial charge on any atom is 0.208 e. The number of likely N-dealkylation sites (N-methyl/N-ethyl adjacent to an activating group) is 4. The highest BCUT2D eigenvalue weighted by atomic mass is 16.1. The Morgan fingerprint density at radius 3 is 0.680 bits per heavy atom. The van der Waals surface area contributed by atoms with Gasteiger partial charge in [0.2, 0.25) is 6.67 Å². The Morgan fingerprint density at radius 2 is 0.453 bits per heavy atom. The molecule has 2 unspecified atom stereocenters. The Hall–Kier alpha value is -7.72. The summed E-state index contributed by atoms with van der Waals surface area (Å²) in [6, 6.07) is 70.3. The second kappa shape index (κ2) is 23.7. The standard InChI is InChI=1S/C67H72N4O4/c1-68(2,47-52-27-35-60(36-28-52)64(72)56-19-11-7-12-20-56)43-45-70(5,49-54-31-39-62(40-32-54)66(74)58-23-15-9-16-24-58)51-71(6,50-55-33-41-63(42-34-55)67(75)59-25-17-10-18-26-59)46-44-69(3,4)48-53-29-37-61(38-30-53)65(73)57-21-13-8-14-22-57/h7-42H,43-51H2,1-6H3/q+4. The maximum absolute atomic E-state index is 13.5. The van der Waals surface area contributed by atoms with Gasteiger partial charge in [-0.1, -0.05) is 218 Å². The number of ketones is 4. The summed E-state index contributed by atoms with van der Waals surface area (Å²) in [5.74, 6) is 0.0579. The third-order valence-corrected chi connectivity index (χ3v) is 14.5. The van der Waals surface area contributed by atoms with Crippen LogP contribution in [0.2, 0.25) is 0 Å². The van der Waals surface area contributed by atoms with Gasteiger partial charge in [0.05, 0.1) is 42.3 Å². The van der Waals surface area contributed by atoms with Crippen molar-refractivity contribution in [1.29, 1.82) is 0 Å². The SMILES string of the molecule is C[N+](C)(CC[N+](C)(Cc1ccc(C(=O)c2ccccc2)cc1)C[N+](C)(CC[N+](C)(C)Cc1ccc(C(=O)c2ccccc2)cc1)Cc1ccc(C(=O)c2ccccc2)cc1)Cc1ccc(C(=O)c2ccccc2)cc1. The van der Waals surface area contributed by atoms with E-state index in [-0.39, 0.29) is 23.1 Å². The van der Waals surface area contributed by atoms with Crippen molar-refractivity contribution in [2.75, 3.05) is 75.1 Å². The zero-order chi connectivity index (χ0) is 53.1. The van der Waals surface area contributed by atoms with Crippen LogP contribution in [-0.4, -0.2) is 116 Å². The molecular formula is C67H72N4O4+4. The van der Waals surface area contributed by atoms with Crippen LogP contribution in [0.15, 0.2) is 218 Å². The Bertz CT molecular complexity index is 2960. The van der Waals surface area contributed by atoms with Crippen LogP contribution in [0.3, 0.4) is 0 Å². The Labute approximate surface area is 444 Å². The molecule has 0 aromatic heterocycles. The summed E-state index contributed by atoms with van der Waals surface area (Å²) < 4.78 is 2.93. The maximum atomic E-state index is 13.5. The summed E-state index contributed by atoms with van der Waals surface area (Å²) in [6.45, 7) is 7.40. The third kappa shape index (κ3) is 14.7. The molecule has 75 heavy (non-hydrogen) atoms. The molecule has 0 heterocycles. The fraction of sp³-hybridized carbons (Fsp3) is 0.224.